The Morgan fingerprint density at radius 1 is 1.00 bits per heavy atom. The van der Waals surface area contributed by atoms with Gasteiger partial charge in [0.05, 0.1) is 0 Å². The van der Waals surface area contributed by atoms with E-state index in [4.69, 9.17) is 0 Å². The van der Waals surface area contributed by atoms with E-state index in [2.05, 4.69) is 29.5 Å². The topological polar surface area (TPSA) is 71.1 Å². The third-order valence-electron chi connectivity index (χ3n) is 4.14. The highest BCUT2D eigenvalue weighted by Gasteiger charge is 2.14. The maximum absolute atomic E-state index is 12.6. The van der Waals surface area contributed by atoms with Crippen LogP contribution in [0, 0.1) is 26.7 Å². The van der Waals surface area contributed by atoms with Crippen molar-refractivity contribution in [1.29, 1.82) is 0 Å². The summed E-state index contributed by atoms with van der Waals surface area (Å²) in [6, 6.07) is 8.94. The van der Waals surface area contributed by atoms with E-state index in [9.17, 15) is 9.59 Å². The minimum atomic E-state index is -0.322. The van der Waals surface area contributed by atoms with Crippen molar-refractivity contribution in [1.82, 2.24) is 10.3 Å². The van der Waals surface area contributed by atoms with Crippen molar-refractivity contribution in [3.05, 3.63) is 58.4 Å². The molecule has 0 fully saturated rings. The van der Waals surface area contributed by atoms with Crippen LogP contribution < -0.4 is 10.6 Å². The summed E-state index contributed by atoms with van der Waals surface area (Å²) in [5.74, 6) is -0.0683. The van der Waals surface area contributed by atoms with Crippen LogP contribution in [-0.2, 0) is 0 Å². The Morgan fingerprint density at radius 3 is 2.15 bits per heavy atom. The van der Waals surface area contributed by atoms with Crippen molar-refractivity contribution in [2.45, 2.75) is 41.0 Å². The molecule has 1 aromatic carbocycles. The van der Waals surface area contributed by atoms with Gasteiger partial charge in [0, 0.05) is 12.2 Å². The predicted molar refractivity (Wildman–Crippen MR) is 105 cm³/mol. The van der Waals surface area contributed by atoms with Crippen molar-refractivity contribution in [2.24, 2.45) is 5.92 Å². The zero-order valence-electron chi connectivity index (χ0n) is 16.1. The molecule has 5 nitrogen and oxygen atoms in total. The standard InChI is InChI=1S/C21H27N3O2/c1-13(2)9-10-22-20(25)17-7-6-8-18(23-17)21(26)24-19-15(4)11-14(3)12-16(19)5/h6-8,11-13H,9-10H2,1-5H3,(H,22,25)(H,24,26). The highest BCUT2D eigenvalue weighted by atomic mass is 16.2. The molecule has 0 radical (unpaired) electrons. The molecule has 0 spiro atoms. The first-order valence-electron chi connectivity index (χ1n) is 8.92. The number of carbonyl (C=O) groups is 2. The van der Waals surface area contributed by atoms with Crippen LogP contribution >= 0.6 is 0 Å². The number of hydrogen-bond donors (Lipinski definition) is 2. The second kappa shape index (κ2) is 8.61. The Labute approximate surface area is 155 Å². The molecule has 2 amide bonds. The summed E-state index contributed by atoms with van der Waals surface area (Å²) in [6.45, 7) is 10.7. The van der Waals surface area contributed by atoms with Crippen LogP contribution in [0.5, 0.6) is 0 Å². The Bertz CT molecular complexity index is 790. The third-order valence-corrected chi connectivity index (χ3v) is 4.14. The van der Waals surface area contributed by atoms with Crippen molar-refractivity contribution < 1.29 is 9.59 Å². The molecule has 0 bridgehead atoms. The molecule has 0 aliphatic carbocycles. The average molecular weight is 353 g/mol. The molecule has 2 aromatic rings. The van der Waals surface area contributed by atoms with Crippen LogP contribution in [0.3, 0.4) is 0 Å². The van der Waals surface area contributed by atoms with Gasteiger partial charge in [-0.05, 0) is 56.4 Å². The number of aromatic nitrogens is 1. The normalized spacial score (nSPS) is 10.7. The molecule has 0 atom stereocenters. The number of rotatable bonds is 6. The number of anilines is 1. The lowest BCUT2D eigenvalue weighted by Gasteiger charge is -2.13. The van der Waals surface area contributed by atoms with E-state index in [0.717, 1.165) is 28.8 Å². The van der Waals surface area contributed by atoms with Crippen LogP contribution in [-0.4, -0.2) is 23.3 Å². The Balaban J connectivity index is 2.12. The van der Waals surface area contributed by atoms with Gasteiger partial charge in [-0.3, -0.25) is 9.59 Å². The summed E-state index contributed by atoms with van der Waals surface area (Å²) in [7, 11) is 0. The van der Waals surface area contributed by atoms with Gasteiger partial charge in [0.25, 0.3) is 11.8 Å². The van der Waals surface area contributed by atoms with Gasteiger partial charge >= 0.3 is 0 Å². The average Bonchev–Trinajstić information content (AvgIpc) is 2.57. The molecule has 1 aromatic heterocycles. The van der Waals surface area contributed by atoms with E-state index in [1.54, 1.807) is 18.2 Å². The number of hydrogen-bond acceptors (Lipinski definition) is 3. The number of carbonyl (C=O) groups excluding carboxylic acids is 2. The van der Waals surface area contributed by atoms with Crippen LogP contribution in [0.2, 0.25) is 0 Å². The Morgan fingerprint density at radius 2 is 1.58 bits per heavy atom. The fourth-order valence-corrected chi connectivity index (χ4v) is 2.81. The van der Waals surface area contributed by atoms with E-state index < -0.39 is 0 Å². The zero-order chi connectivity index (χ0) is 19.3. The lowest BCUT2D eigenvalue weighted by atomic mass is 10.0. The summed E-state index contributed by atoms with van der Waals surface area (Å²) >= 11 is 0. The lowest BCUT2D eigenvalue weighted by molar-refractivity contribution is 0.0947. The molecule has 2 N–H and O–H groups in total. The predicted octanol–water partition coefficient (Wildman–Crippen LogP) is 4.04. The van der Waals surface area contributed by atoms with Gasteiger partial charge in [-0.2, -0.15) is 0 Å². The minimum Gasteiger partial charge on any atom is -0.351 e. The second-order valence-electron chi connectivity index (χ2n) is 7.07. The highest BCUT2D eigenvalue weighted by Crippen LogP contribution is 2.22. The number of pyridine rings is 1. The summed E-state index contributed by atoms with van der Waals surface area (Å²) in [5.41, 5.74) is 4.40. The Hall–Kier alpha value is -2.69. The van der Waals surface area contributed by atoms with Crippen molar-refractivity contribution in [2.75, 3.05) is 11.9 Å². The first-order valence-corrected chi connectivity index (χ1v) is 8.92. The number of benzene rings is 1. The Kier molecular flexibility index (Phi) is 6.50. The lowest BCUT2D eigenvalue weighted by Crippen LogP contribution is -2.27. The highest BCUT2D eigenvalue weighted by molar-refractivity contribution is 6.04. The van der Waals surface area contributed by atoms with Crippen LogP contribution in [0.25, 0.3) is 0 Å². The fourth-order valence-electron chi connectivity index (χ4n) is 2.81. The molecule has 0 aliphatic rings. The van der Waals surface area contributed by atoms with Crippen LogP contribution in [0.4, 0.5) is 5.69 Å². The van der Waals surface area contributed by atoms with Crippen molar-refractivity contribution in [3.63, 3.8) is 0 Å². The summed E-state index contributed by atoms with van der Waals surface area (Å²) in [5, 5.41) is 5.75. The molecule has 1 heterocycles. The molecular formula is C21H27N3O2. The van der Waals surface area contributed by atoms with E-state index in [0.29, 0.717) is 12.5 Å². The fraction of sp³-hybridized carbons (Fsp3) is 0.381. The molecule has 2 rings (SSSR count). The van der Waals surface area contributed by atoms with Crippen LogP contribution in [0.1, 0.15) is 57.9 Å². The molecule has 26 heavy (non-hydrogen) atoms. The number of amides is 2. The monoisotopic (exact) mass is 353 g/mol. The van der Waals surface area contributed by atoms with Gasteiger partial charge in [-0.1, -0.05) is 37.6 Å². The minimum absolute atomic E-state index is 0.223. The quantitative estimate of drug-likeness (QED) is 0.823. The molecule has 0 saturated carbocycles. The van der Waals surface area contributed by atoms with E-state index >= 15 is 0 Å². The summed E-state index contributed by atoms with van der Waals surface area (Å²) in [4.78, 5) is 29.0. The van der Waals surface area contributed by atoms with Gasteiger partial charge in [0.1, 0.15) is 11.4 Å². The first-order chi connectivity index (χ1) is 12.3. The van der Waals surface area contributed by atoms with E-state index in [-0.39, 0.29) is 23.2 Å². The second-order valence-corrected chi connectivity index (χ2v) is 7.07. The maximum atomic E-state index is 12.6. The van der Waals surface area contributed by atoms with Gasteiger partial charge in [0.2, 0.25) is 0 Å². The van der Waals surface area contributed by atoms with Gasteiger partial charge in [-0.15, -0.1) is 0 Å². The molecule has 0 unspecified atom stereocenters. The SMILES string of the molecule is Cc1cc(C)c(NC(=O)c2cccc(C(=O)NCCC(C)C)n2)c(C)c1. The zero-order valence-corrected chi connectivity index (χ0v) is 16.1. The smallest absolute Gasteiger partial charge is 0.274 e. The largest absolute Gasteiger partial charge is 0.351 e. The number of nitrogens with zero attached hydrogens (tertiary/aromatic N) is 1. The van der Waals surface area contributed by atoms with Gasteiger partial charge < -0.3 is 10.6 Å². The molecular weight excluding hydrogens is 326 g/mol. The molecule has 0 aliphatic heterocycles. The molecule has 138 valence electrons. The first kappa shape index (κ1) is 19.6. The molecule has 5 heteroatoms. The van der Waals surface area contributed by atoms with Crippen molar-refractivity contribution >= 4 is 17.5 Å². The summed E-state index contributed by atoms with van der Waals surface area (Å²) in [6.07, 6.45) is 0.901. The maximum Gasteiger partial charge on any atom is 0.274 e. The van der Waals surface area contributed by atoms with Gasteiger partial charge in [0.15, 0.2) is 0 Å². The number of aryl methyl sites for hydroxylation is 3. The van der Waals surface area contributed by atoms with Gasteiger partial charge in [-0.25, -0.2) is 4.98 Å². The molecule has 0 saturated heterocycles. The van der Waals surface area contributed by atoms with E-state index in [1.165, 1.54) is 0 Å². The van der Waals surface area contributed by atoms with Crippen molar-refractivity contribution in [3.8, 4) is 0 Å². The van der Waals surface area contributed by atoms with E-state index in [1.807, 2.05) is 32.9 Å². The number of nitrogens with one attached hydrogen (secondary N) is 2. The summed E-state index contributed by atoms with van der Waals surface area (Å²) < 4.78 is 0. The van der Waals surface area contributed by atoms with Crippen LogP contribution in [0.15, 0.2) is 30.3 Å². The third kappa shape index (κ3) is 5.15.